The van der Waals surface area contributed by atoms with Gasteiger partial charge >= 0.3 is 5.97 Å². The predicted octanol–water partition coefficient (Wildman–Crippen LogP) is 5.00. The van der Waals surface area contributed by atoms with Crippen molar-refractivity contribution in [1.82, 2.24) is 4.98 Å². The molecule has 0 fully saturated rings. The van der Waals surface area contributed by atoms with Crippen molar-refractivity contribution in [2.75, 3.05) is 13.7 Å². The van der Waals surface area contributed by atoms with Gasteiger partial charge in [0.05, 0.1) is 7.11 Å². The van der Waals surface area contributed by atoms with Crippen LogP contribution in [0.25, 0.3) is 11.5 Å². The zero-order valence-electron chi connectivity index (χ0n) is 17.2. The number of carbonyl (C=O) groups excluding carboxylic acids is 1. The number of oxazole rings is 1. The molecule has 0 spiro atoms. The van der Waals surface area contributed by atoms with Crippen LogP contribution in [0.4, 0.5) is 0 Å². The van der Waals surface area contributed by atoms with E-state index in [-0.39, 0.29) is 6.61 Å². The molecule has 0 bridgehead atoms. The summed E-state index contributed by atoms with van der Waals surface area (Å²) in [5.41, 5.74) is 2.40. The number of hydrogen-bond donors (Lipinski definition) is 0. The van der Waals surface area contributed by atoms with Crippen molar-refractivity contribution in [3.8, 4) is 17.2 Å². The largest absolute Gasteiger partial charge is 0.487 e. The third kappa shape index (κ3) is 5.40. The molecule has 0 saturated heterocycles. The van der Waals surface area contributed by atoms with Crippen LogP contribution in [0, 0.1) is 6.92 Å². The Hall–Kier alpha value is -2.83. The predicted molar refractivity (Wildman–Crippen MR) is 114 cm³/mol. The van der Waals surface area contributed by atoms with Crippen LogP contribution in [0.2, 0.25) is 5.02 Å². The van der Waals surface area contributed by atoms with Crippen LogP contribution in [0.5, 0.6) is 5.75 Å². The molecule has 1 atom stereocenters. The number of ether oxygens (including phenoxy) is 3. The monoisotopic (exact) mass is 429 g/mol. The molecule has 0 N–H and O–H groups in total. The summed E-state index contributed by atoms with van der Waals surface area (Å²) < 4.78 is 21.8. The summed E-state index contributed by atoms with van der Waals surface area (Å²) in [6, 6.07) is 15.0. The van der Waals surface area contributed by atoms with Crippen molar-refractivity contribution in [2.45, 2.75) is 33.0 Å². The first kappa shape index (κ1) is 21.9. The Morgan fingerprint density at radius 1 is 1.20 bits per heavy atom. The lowest BCUT2D eigenvalue weighted by Crippen LogP contribution is -2.28. The van der Waals surface area contributed by atoms with Gasteiger partial charge in [-0.25, -0.2) is 9.78 Å². The van der Waals surface area contributed by atoms with Gasteiger partial charge in [-0.15, -0.1) is 0 Å². The standard InChI is InChI=1S/C23H24ClNO5/c1-4-28-21(23(26)27-3)12-17-10-11-18(13-19(17)24)29-14-20-15(2)30-22(25-20)16-8-6-5-7-9-16/h5-11,13,21H,4,12,14H2,1-3H3. The average molecular weight is 430 g/mol. The quantitative estimate of drug-likeness (QED) is 0.445. The van der Waals surface area contributed by atoms with Crippen molar-refractivity contribution < 1.29 is 23.4 Å². The molecule has 2 aromatic carbocycles. The molecule has 0 aliphatic rings. The summed E-state index contributed by atoms with van der Waals surface area (Å²) in [7, 11) is 1.34. The fourth-order valence-corrected chi connectivity index (χ4v) is 3.19. The fraction of sp³-hybridized carbons (Fsp3) is 0.304. The van der Waals surface area contributed by atoms with Crippen LogP contribution in [0.15, 0.2) is 52.9 Å². The van der Waals surface area contributed by atoms with Gasteiger partial charge in [-0.3, -0.25) is 0 Å². The number of halogens is 1. The Balaban J connectivity index is 1.66. The third-order valence-corrected chi connectivity index (χ3v) is 4.90. The van der Waals surface area contributed by atoms with Crippen LogP contribution < -0.4 is 4.74 Å². The van der Waals surface area contributed by atoms with E-state index in [0.717, 1.165) is 16.8 Å². The maximum Gasteiger partial charge on any atom is 0.335 e. The molecular formula is C23H24ClNO5. The second-order valence-corrected chi connectivity index (χ2v) is 7.01. The van der Waals surface area contributed by atoms with Gasteiger partial charge in [-0.1, -0.05) is 35.9 Å². The van der Waals surface area contributed by atoms with E-state index < -0.39 is 12.1 Å². The van der Waals surface area contributed by atoms with Crippen molar-refractivity contribution in [3.05, 3.63) is 70.6 Å². The lowest BCUT2D eigenvalue weighted by Gasteiger charge is -2.16. The van der Waals surface area contributed by atoms with E-state index in [1.165, 1.54) is 7.11 Å². The number of rotatable bonds is 9. The van der Waals surface area contributed by atoms with Crippen LogP contribution in [0.1, 0.15) is 23.9 Å². The molecule has 7 heteroatoms. The number of aryl methyl sites for hydroxylation is 1. The minimum atomic E-state index is -0.696. The minimum absolute atomic E-state index is 0.252. The molecule has 0 aliphatic carbocycles. The van der Waals surface area contributed by atoms with Crippen molar-refractivity contribution in [3.63, 3.8) is 0 Å². The minimum Gasteiger partial charge on any atom is -0.487 e. The van der Waals surface area contributed by atoms with Gasteiger partial charge in [-0.05, 0) is 43.7 Å². The molecule has 0 aliphatic heterocycles. The van der Waals surface area contributed by atoms with Gasteiger partial charge in [0.25, 0.3) is 0 Å². The molecule has 3 aromatic rings. The smallest absolute Gasteiger partial charge is 0.335 e. The maximum atomic E-state index is 11.8. The highest BCUT2D eigenvalue weighted by atomic mass is 35.5. The van der Waals surface area contributed by atoms with Crippen molar-refractivity contribution in [1.29, 1.82) is 0 Å². The van der Waals surface area contributed by atoms with E-state index in [4.69, 9.17) is 30.2 Å². The number of hydrogen-bond acceptors (Lipinski definition) is 6. The summed E-state index contributed by atoms with van der Waals surface area (Å²) >= 11 is 6.40. The summed E-state index contributed by atoms with van der Waals surface area (Å²) in [4.78, 5) is 16.4. The highest BCUT2D eigenvalue weighted by molar-refractivity contribution is 6.31. The van der Waals surface area contributed by atoms with Gasteiger partial charge < -0.3 is 18.6 Å². The number of benzene rings is 2. The highest BCUT2D eigenvalue weighted by Crippen LogP contribution is 2.26. The van der Waals surface area contributed by atoms with Gasteiger partial charge in [0.1, 0.15) is 23.8 Å². The van der Waals surface area contributed by atoms with E-state index in [1.807, 2.05) is 50.2 Å². The first-order chi connectivity index (χ1) is 14.5. The van der Waals surface area contributed by atoms with Gasteiger partial charge in [0.15, 0.2) is 6.10 Å². The molecule has 6 nitrogen and oxygen atoms in total. The van der Waals surface area contributed by atoms with E-state index in [1.54, 1.807) is 12.1 Å². The van der Waals surface area contributed by atoms with Crippen LogP contribution in [-0.4, -0.2) is 30.8 Å². The van der Waals surface area contributed by atoms with Gasteiger partial charge in [0, 0.05) is 23.6 Å². The first-order valence-corrected chi connectivity index (χ1v) is 10.0. The Kier molecular flexibility index (Phi) is 7.49. The SMILES string of the molecule is CCOC(Cc1ccc(OCc2nc(-c3ccccc3)oc2C)cc1Cl)C(=O)OC. The summed E-state index contributed by atoms with van der Waals surface area (Å²) in [6.07, 6.45) is -0.374. The number of carbonyl (C=O) groups is 1. The summed E-state index contributed by atoms with van der Waals surface area (Å²) in [6.45, 7) is 4.33. The Morgan fingerprint density at radius 2 is 1.97 bits per heavy atom. The Morgan fingerprint density at radius 3 is 2.63 bits per heavy atom. The third-order valence-electron chi connectivity index (χ3n) is 4.55. The average Bonchev–Trinajstić information content (AvgIpc) is 3.14. The number of methoxy groups -OCH3 is 1. The topological polar surface area (TPSA) is 70.8 Å². The number of esters is 1. The number of nitrogens with zero attached hydrogens (tertiary/aromatic N) is 1. The molecule has 1 aromatic heterocycles. The zero-order valence-corrected chi connectivity index (χ0v) is 17.9. The molecule has 30 heavy (non-hydrogen) atoms. The van der Waals surface area contributed by atoms with Crippen molar-refractivity contribution in [2.24, 2.45) is 0 Å². The van der Waals surface area contributed by atoms with Crippen LogP contribution in [0.3, 0.4) is 0 Å². The normalized spacial score (nSPS) is 11.9. The Labute approximate surface area is 180 Å². The molecular weight excluding hydrogens is 406 g/mol. The van der Waals surface area contributed by atoms with E-state index in [2.05, 4.69) is 4.98 Å². The lowest BCUT2D eigenvalue weighted by molar-refractivity contribution is -0.153. The molecule has 158 valence electrons. The summed E-state index contributed by atoms with van der Waals surface area (Å²) in [5, 5.41) is 0.489. The molecule has 3 rings (SSSR count). The van der Waals surface area contributed by atoms with Crippen molar-refractivity contribution >= 4 is 17.6 Å². The van der Waals surface area contributed by atoms with Gasteiger partial charge in [-0.2, -0.15) is 0 Å². The summed E-state index contributed by atoms with van der Waals surface area (Å²) in [5.74, 6) is 1.43. The molecule has 1 heterocycles. The molecule has 0 amide bonds. The van der Waals surface area contributed by atoms with E-state index in [9.17, 15) is 4.79 Å². The molecule has 0 saturated carbocycles. The lowest BCUT2D eigenvalue weighted by atomic mass is 10.1. The fourth-order valence-electron chi connectivity index (χ4n) is 2.94. The maximum absolute atomic E-state index is 11.8. The first-order valence-electron chi connectivity index (χ1n) is 9.64. The second kappa shape index (κ2) is 10.3. The van der Waals surface area contributed by atoms with Crippen LogP contribution in [-0.2, 0) is 27.3 Å². The van der Waals surface area contributed by atoms with E-state index in [0.29, 0.717) is 35.5 Å². The van der Waals surface area contributed by atoms with Crippen LogP contribution >= 0.6 is 11.6 Å². The van der Waals surface area contributed by atoms with E-state index >= 15 is 0 Å². The highest BCUT2D eigenvalue weighted by Gasteiger charge is 2.21. The number of aromatic nitrogens is 1. The molecule has 1 unspecified atom stereocenters. The second-order valence-electron chi connectivity index (χ2n) is 6.60. The molecule has 0 radical (unpaired) electrons. The van der Waals surface area contributed by atoms with Gasteiger partial charge in [0.2, 0.25) is 5.89 Å². The zero-order chi connectivity index (χ0) is 21.5. The Bertz CT molecular complexity index is 987.